The normalized spacial score (nSPS) is 9.87. The fourth-order valence-corrected chi connectivity index (χ4v) is 0.986. The second-order valence-corrected chi connectivity index (χ2v) is 2.64. The van der Waals surface area contributed by atoms with Gasteiger partial charge in [-0.1, -0.05) is 18.2 Å². The van der Waals surface area contributed by atoms with Crippen LogP contribution < -0.4 is 10.4 Å². The van der Waals surface area contributed by atoms with Gasteiger partial charge in [-0.2, -0.15) is 0 Å². The first-order valence-corrected chi connectivity index (χ1v) is 4.12. The summed E-state index contributed by atoms with van der Waals surface area (Å²) in [5.41, 5.74) is -0.379. The van der Waals surface area contributed by atoms with E-state index in [0.717, 1.165) is 6.39 Å². The lowest BCUT2D eigenvalue weighted by Gasteiger charge is -2.01. The van der Waals surface area contributed by atoms with E-state index in [-0.39, 0.29) is 5.68 Å². The van der Waals surface area contributed by atoms with Gasteiger partial charge in [-0.05, 0) is 12.1 Å². The van der Waals surface area contributed by atoms with Gasteiger partial charge in [0, 0.05) is 0 Å². The molecule has 0 saturated carbocycles. The van der Waals surface area contributed by atoms with Crippen LogP contribution in [0.2, 0.25) is 0 Å². The first-order valence-electron chi connectivity index (χ1n) is 4.12. The lowest BCUT2D eigenvalue weighted by Crippen LogP contribution is -2.27. The van der Waals surface area contributed by atoms with Gasteiger partial charge < -0.3 is 9.15 Å². The SMILES string of the molecule is N=c1ocnn1C(=O)Oc1ccccc1. The number of carbonyl (C=O) groups is 1. The molecular weight excluding hydrogens is 198 g/mol. The van der Waals surface area contributed by atoms with Gasteiger partial charge in [-0.15, -0.1) is 9.78 Å². The molecule has 15 heavy (non-hydrogen) atoms. The Balaban J connectivity index is 2.18. The molecule has 0 aliphatic heterocycles. The molecule has 0 aliphatic rings. The smallest absolute Gasteiger partial charge is 0.411 e. The third-order valence-electron chi connectivity index (χ3n) is 1.64. The van der Waals surface area contributed by atoms with E-state index in [2.05, 4.69) is 9.52 Å². The van der Waals surface area contributed by atoms with Crippen LogP contribution in [0.15, 0.2) is 41.1 Å². The minimum absolute atomic E-state index is 0.379. The Kier molecular flexibility index (Phi) is 2.32. The predicted molar refractivity (Wildman–Crippen MR) is 48.2 cm³/mol. The van der Waals surface area contributed by atoms with E-state index < -0.39 is 6.09 Å². The molecule has 1 aromatic carbocycles. The number of ether oxygens (including phenoxy) is 1. The van der Waals surface area contributed by atoms with Crippen LogP contribution in [0.3, 0.4) is 0 Å². The molecule has 1 heterocycles. The van der Waals surface area contributed by atoms with E-state index in [1.54, 1.807) is 30.3 Å². The number of aromatic nitrogens is 2. The number of hydrogen-bond acceptors (Lipinski definition) is 5. The van der Waals surface area contributed by atoms with Crippen molar-refractivity contribution in [1.29, 1.82) is 5.41 Å². The minimum Gasteiger partial charge on any atom is -0.411 e. The molecule has 1 N–H and O–H groups in total. The van der Waals surface area contributed by atoms with E-state index in [1.807, 2.05) is 0 Å². The highest BCUT2D eigenvalue weighted by Gasteiger charge is 2.10. The maximum absolute atomic E-state index is 11.4. The number of rotatable bonds is 1. The Morgan fingerprint density at radius 1 is 1.40 bits per heavy atom. The zero-order valence-electron chi connectivity index (χ0n) is 7.58. The van der Waals surface area contributed by atoms with Crippen molar-refractivity contribution in [1.82, 2.24) is 9.78 Å². The van der Waals surface area contributed by atoms with E-state index >= 15 is 0 Å². The second kappa shape index (κ2) is 3.79. The van der Waals surface area contributed by atoms with Crippen LogP contribution in [0.1, 0.15) is 0 Å². The summed E-state index contributed by atoms with van der Waals surface area (Å²) >= 11 is 0. The summed E-state index contributed by atoms with van der Waals surface area (Å²) in [5, 5.41) is 10.7. The van der Waals surface area contributed by atoms with Gasteiger partial charge in [-0.25, -0.2) is 10.2 Å². The molecule has 0 bridgehead atoms. The maximum Gasteiger partial charge on any atom is 0.444 e. The molecule has 0 fully saturated rings. The predicted octanol–water partition coefficient (Wildman–Crippen LogP) is 1.00. The van der Waals surface area contributed by atoms with Crippen LogP contribution in [0.4, 0.5) is 4.79 Å². The second-order valence-electron chi connectivity index (χ2n) is 2.64. The summed E-state index contributed by atoms with van der Waals surface area (Å²) in [6, 6.07) is 8.52. The molecule has 0 spiro atoms. The zero-order chi connectivity index (χ0) is 10.7. The molecule has 1 aromatic heterocycles. The van der Waals surface area contributed by atoms with Crippen molar-refractivity contribution < 1.29 is 13.9 Å². The van der Waals surface area contributed by atoms with Crippen LogP contribution >= 0.6 is 0 Å². The number of nitrogens with zero attached hydrogens (tertiary/aromatic N) is 2. The van der Waals surface area contributed by atoms with Gasteiger partial charge in [0.05, 0.1) is 0 Å². The topological polar surface area (TPSA) is 81.1 Å². The summed E-state index contributed by atoms with van der Waals surface area (Å²) in [6.45, 7) is 0. The van der Waals surface area contributed by atoms with E-state index in [9.17, 15) is 4.79 Å². The summed E-state index contributed by atoms with van der Waals surface area (Å²) in [5.74, 6) is 0.386. The van der Waals surface area contributed by atoms with Crippen LogP contribution in [-0.4, -0.2) is 15.9 Å². The fraction of sp³-hybridized carbons (Fsp3) is 0. The summed E-state index contributed by atoms with van der Waals surface area (Å²) in [6.07, 6.45) is 0.217. The van der Waals surface area contributed by atoms with Crippen LogP contribution in [0.5, 0.6) is 5.75 Å². The molecule has 6 nitrogen and oxygen atoms in total. The summed E-state index contributed by atoms with van der Waals surface area (Å²) in [7, 11) is 0. The molecular formula is C9H7N3O3. The lowest BCUT2D eigenvalue weighted by molar-refractivity contribution is 0.196. The molecule has 0 aliphatic carbocycles. The Morgan fingerprint density at radius 2 is 2.13 bits per heavy atom. The number of para-hydroxylation sites is 1. The molecule has 0 atom stereocenters. The molecule has 2 rings (SSSR count). The first kappa shape index (κ1) is 9.20. The number of carbonyl (C=O) groups excluding carboxylic acids is 1. The Hall–Kier alpha value is -2.37. The first-order chi connectivity index (χ1) is 7.27. The number of benzene rings is 1. The van der Waals surface area contributed by atoms with E-state index in [1.165, 1.54) is 0 Å². The molecule has 6 heteroatoms. The van der Waals surface area contributed by atoms with Crippen molar-refractivity contribution in [2.24, 2.45) is 0 Å². The maximum atomic E-state index is 11.4. The van der Waals surface area contributed by atoms with Crippen LogP contribution in [0, 0.1) is 5.41 Å². The van der Waals surface area contributed by atoms with Crippen LogP contribution in [-0.2, 0) is 0 Å². The monoisotopic (exact) mass is 205 g/mol. The summed E-state index contributed by atoms with van der Waals surface area (Å²) in [4.78, 5) is 11.4. The van der Waals surface area contributed by atoms with Gasteiger partial charge in [0.2, 0.25) is 6.39 Å². The van der Waals surface area contributed by atoms with E-state index in [4.69, 9.17) is 10.1 Å². The molecule has 2 aromatic rings. The average Bonchev–Trinajstić information content (AvgIpc) is 2.66. The molecule has 0 amide bonds. The number of hydrogen-bond donors (Lipinski definition) is 1. The summed E-state index contributed by atoms with van der Waals surface area (Å²) < 4.78 is 10.2. The third-order valence-corrected chi connectivity index (χ3v) is 1.64. The van der Waals surface area contributed by atoms with E-state index in [0.29, 0.717) is 10.4 Å². The Labute approximate surface area is 84.2 Å². The van der Waals surface area contributed by atoms with Gasteiger partial charge in [0.1, 0.15) is 5.75 Å². The van der Waals surface area contributed by atoms with Crippen molar-refractivity contribution >= 4 is 6.09 Å². The Morgan fingerprint density at radius 3 is 2.73 bits per heavy atom. The van der Waals surface area contributed by atoms with Gasteiger partial charge in [0.25, 0.3) is 0 Å². The minimum atomic E-state index is -0.778. The quantitative estimate of drug-likeness (QED) is 0.753. The van der Waals surface area contributed by atoms with Crippen molar-refractivity contribution in [3.63, 3.8) is 0 Å². The average molecular weight is 205 g/mol. The third kappa shape index (κ3) is 1.93. The largest absolute Gasteiger partial charge is 0.444 e. The standard InChI is InChI=1S/C9H7N3O3/c10-8-12(11-6-14-8)9(13)15-7-4-2-1-3-5-7/h1-6,10H. The Bertz CT molecular complexity index is 515. The van der Waals surface area contributed by atoms with Crippen molar-refractivity contribution in [2.45, 2.75) is 0 Å². The highest BCUT2D eigenvalue weighted by molar-refractivity contribution is 5.71. The molecule has 0 saturated heterocycles. The lowest BCUT2D eigenvalue weighted by atomic mass is 10.3. The van der Waals surface area contributed by atoms with Crippen molar-refractivity contribution in [3.8, 4) is 5.75 Å². The van der Waals surface area contributed by atoms with Crippen molar-refractivity contribution in [3.05, 3.63) is 42.4 Å². The van der Waals surface area contributed by atoms with Crippen molar-refractivity contribution in [2.75, 3.05) is 0 Å². The van der Waals surface area contributed by atoms with Crippen LogP contribution in [0.25, 0.3) is 0 Å². The highest BCUT2D eigenvalue weighted by atomic mass is 16.6. The van der Waals surface area contributed by atoms with Gasteiger partial charge in [0.15, 0.2) is 0 Å². The number of nitrogens with one attached hydrogen (secondary N) is 1. The highest BCUT2D eigenvalue weighted by Crippen LogP contribution is 2.08. The van der Waals surface area contributed by atoms with Gasteiger partial charge in [-0.3, -0.25) is 0 Å². The van der Waals surface area contributed by atoms with Gasteiger partial charge >= 0.3 is 11.8 Å². The molecule has 0 unspecified atom stereocenters. The molecule has 0 radical (unpaired) electrons. The zero-order valence-corrected chi connectivity index (χ0v) is 7.58. The molecule has 76 valence electrons. The fourth-order valence-electron chi connectivity index (χ4n) is 0.986.